The van der Waals surface area contributed by atoms with E-state index in [1.54, 1.807) is 19.2 Å². The number of anilines is 1. The van der Waals surface area contributed by atoms with Crippen molar-refractivity contribution >= 4 is 17.3 Å². The zero-order valence-corrected chi connectivity index (χ0v) is 10.7. The number of nitrogens with two attached hydrogens (primary N) is 1. The number of nitrogen functional groups attached to an aromatic ring is 1. The summed E-state index contributed by atoms with van der Waals surface area (Å²) < 4.78 is 7.45. The summed E-state index contributed by atoms with van der Waals surface area (Å²) in [4.78, 5) is 0. The van der Waals surface area contributed by atoms with Crippen LogP contribution in [-0.4, -0.2) is 21.9 Å². The van der Waals surface area contributed by atoms with Gasteiger partial charge in [0.25, 0.3) is 0 Å². The smallest absolute Gasteiger partial charge is 0.167 e. The summed E-state index contributed by atoms with van der Waals surface area (Å²) in [5.41, 5.74) is 7.11. The van der Waals surface area contributed by atoms with Crippen LogP contribution in [0.2, 0.25) is 5.02 Å². The number of aryl methyl sites for hydroxylation is 1. The number of aromatic nitrogens is 3. The van der Waals surface area contributed by atoms with Gasteiger partial charge >= 0.3 is 0 Å². The van der Waals surface area contributed by atoms with Crippen molar-refractivity contribution in [3.05, 3.63) is 23.0 Å². The first-order valence-electron chi connectivity index (χ1n) is 5.76. The highest BCUT2D eigenvalue weighted by molar-refractivity contribution is 6.33. The second-order valence-electron chi connectivity index (χ2n) is 4.27. The zero-order chi connectivity index (χ0) is 12.7. The Morgan fingerprint density at radius 1 is 1.39 bits per heavy atom. The average Bonchev–Trinajstić information content (AvgIpc) is 2.94. The number of methoxy groups -OCH3 is 1. The molecule has 2 aromatic rings. The van der Waals surface area contributed by atoms with Crippen LogP contribution in [0.5, 0.6) is 5.75 Å². The highest BCUT2D eigenvalue weighted by Gasteiger charge is 2.21. The van der Waals surface area contributed by atoms with Crippen molar-refractivity contribution in [1.82, 2.24) is 14.8 Å². The lowest BCUT2D eigenvalue weighted by atomic mass is 10.1. The molecule has 18 heavy (non-hydrogen) atoms. The van der Waals surface area contributed by atoms with Gasteiger partial charge in [0, 0.05) is 19.0 Å². The molecule has 0 saturated carbocycles. The minimum Gasteiger partial charge on any atom is -0.496 e. The van der Waals surface area contributed by atoms with Crippen LogP contribution in [-0.2, 0) is 13.0 Å². The third-order valence-electron chi connectivity index (χ3n) is 3.17. The summed E-state index contributed by atoms with van der Waals surface area (Å²) in [6.45, 7) is 0.933. The zero-order valence-electron chi connectivity index (χ0n) is 9.98. The Morgan fingerprint density at radius 2 is 2.22 bits per heavy atom. The first kappa shape index (κ1) is 11.3. The van der Waals surface area contributed by atoms with Crippen molar-refractivity contribution < 1.29 is 4.74 Å². The van der Waals surface area contributed by atoms with Gasteiger partial charge in [-0.05, 0) is 12.5 Å². The lowest BCUT2D eigenvalue weighted by Crippen LogP contribution is -1.99. The van der Waals surface area contributed by atoms with Gasteiger partial charge in [0.2, 0.25) is 0 Å². The van der Waals surface area contributed by atoms with Crippen molar-refractivity contribution in [3.8, 4) is 17.1 Å². The van der Waals surface area contributed by atoms with Crippen LogP contribution in [0.25, 0.3) is 11.4 Å². The number of benzene rings is 1. The molecule has 0 aliphatic carbocycles. The molecule has 0 unspecified atom stereocenters. The Labute approximate surface area is 110 Å². The Morgan fingerprint density at radius 3 is 3.00 bits per heavy atom. The second kappa shape index (κ2) is 4.17. The summed E-state index contributed by atoms with van der Waals surface area (Å²) in [6, 6.07) is 3.50. The molecule has 0 atom stereocenters. The SMILES string of the molecule is COc1cc(N)c(Cl)cc1-c1nnc2n1CCC2. The van der Waals surface area contributed by atoms with Gasteiger partial charge in [0.1, 0.15) is 11.6 Å². The molecule has 0 bridgehead atoms. The number of rotatable bonds is 2. The van der Waals surface area contributed by atoms with E-state index in [0.717, 1.165) is 36.6 Å². The molecule has 0 radical (unpaired) electrons. The number of fused-ring (bicyclic) bond motifs is 1. The van der Waals surface area contributed by atoms with Crippen LogP contribution in [0.15, 0.2) is 12.1 Å². The molecule has 0 spiro atoms. The minimum absolute atomic E-state index is 0.499. The summed E-state index contributed by atoms with van der Waals surface area (Å²) in [6.07, 6.45) is 2.07. The van der Waals surface area contributed by atoms with Gasteiger partial charge < -0.3 is 15.0 Å². The van der Waals surface area contributed by atoms with Gasteiger partial charge in [-0.2, -0.15) is 0 Å². The largest absolute Gasteiger partial charge is 0.496 e. The maximum atomic E-state index is 6.07. The van der Waals surface area contributed by atoms with E-state index in [1.807, 2.05) is 0 Å². The molecular weight excluding hydrogens is 252 g/mol. The van der Waals surface area contributed by atoms with Gasteiger partial charge in [0.15, 0.2) is 5.82 Å². The van der Waals surface area contributed by atoms with Crippen molar-refractivity contribution in [2.45, 2.75) is 19.4 Å². The fourth-order valence-electron chi connectivity index (χ4n) is 2.26. The molecule has 5 nitrogen and oxygen atoms in total. The quantitative estimate of drug-likeness (QED) is 0.844. The normalized spacial score (nSPS) is 13.7. The predicted octanol–water partition coefficient (Wildman–Crippen LogP) is 2.14. The van der Waals surface area contributed by atoms with E-state index >= 15 is 0 Å². The van der Waals surface area contributed by atoms with Crippen LogP contribution in [0.1, 0.15) is 12.2 Å². The van der Waals surface area contributed by atoms with Crippen LogP contribution in [0.4, 0.5) is 5.69 Å². The van der Waals surface area contributed by atoms with E-state index in [0.29, 0.717) is 16.5 Å². The number of hydrogen-bond donors (Lipinski definition) is 1. The molecule has 1 aromatic heterocycles. The molecule has 6 heteroatoms. The van der Waals surface area contributed by atoms with Gasteiger partial charge in [-0.3, -0.25) is 0 Å². The van der Waals surface area contributed by atoms with Crippen LogP contribution >= 0.6 is 11.6 Å². The first-order valence-corrected chi connectivity index (χ1v) is 6.14. The predicted molar refractivity (Wildman–Crippen MR) is 69.8 cm³/mol. The van der Waals surface area contributed by atoms with E-state index in [-0.39, 0.29) is 0 Å². The number of nitrogens with zero attached hydrogens (tertiary/aromatic N) is 3. The average molecular weight is 265 g/mol. The minimum atomic E-state index is 0.499. The lowest BCUT2D eigenvalue weighted by Gasteiger charge is -2.10. The van der Waals surface area contributed by atoms with Crippen LogP contribution < -0.4 is 10.5 Å². The second-order valence-corrected chi connectivity index (χ2v) is 4.68. The molecule has 2 heterocycles. The van der Waals surface area contributed by atoms with Crippen molar-refractivity contribution in [2.75, 3.05) is 12.8 Å². The monoisotopic (exact) mass is 264 g/mol. The topological polar surface area (TPSA) is 66.0 Å². The van der Waals surface area contributed by atoms with E-state index in [4.69, 9.17) is 22.1 Å². The molecule has 1 aromatic carbocycles. The van der Waals surface area contributed by atoms with Crippen LogP contribution in [0.3, 0.4) is 0 Å². The lowest BCUT2D eigenvalue weighted by molar-refractivity contribution is 0.416. The Balaban J connectivity index is 2.19. The highest BCUT2D eigenvalue weighted by Crippen LogP contribution is 2.36. The molecule has 0 amide bonds. The summed E-state index contributed by atoms with van der Waals surface area (Å²) in [5, 5.41) is 8.91. The Bertz CT molecular complexity index is 608. The maximum absolute atomic E-state index is 6.07. The van der Waals surface area contributed by atoms with Crippen molar-refractivity contribution in [2.24, 2.45) is 0 Å². The Hall–Kier alpha value is -1.75. The van der Waals surface area contributed by atoms with Crippen molar-refractivity contribution in [3.63, 3.8) is 0 Å². The fraction of sp³-hybridized carbons (Fsp3) is 0.333. The summed E-state index contributed by atoms with van der Waals surface area (Å²) in [5.74, 6) is 2.47. The summed E-state index contributed by atoms with van der Waals surface area (Å²) >= 11 is 6.07. The molecule has 2 N–H and O–H groups in total. The number of halogens is 1. The molecule has 0 fully saturated rings. The van der Waals surface area contributed by atoms with E-state index in [9.17, 15) is 0 Å². The molecule has 1 aliphatic rings. The highest BCUT2D eigenvalue weighted by atomic mass is 35.5. The van der Waals surface area contributed by atoms with Gasteiger partial charge in [-0.15, -0.1) is 10.2 Å². The van der Waals surface area contributed by atoms with Gasteiger partial charge in [-0.1, -0.05) is 11.6 Å². The molecule has 0 saturated heterocycles. The molecule has 3 rings (SSSR count). The van der Waals surface area contributed by atoms with Gasteiger partial charge in [-0.25, -0.2) is 0 Å². The summed E-state index contributed by atoms with van der Waals surface area (Å²) in [7, 11) is 1.60. The van der Waals surface area contributed by atoms with Gasteiger partial charge in [0.05, 0.1) is 23.4 Å². The molecule has 94 valence electrons. The molecular formula is C12H13ClN4O. The number of ether oxygens (including phenoxy) is 1. The number of hydrogen-bond acceptors (Lipinski definition) is 4. The third kappa shape index (κ3) is 1.62. The van der Waals surface area contributed by atoms with E-state index in [2.05, 4.69) is 14.8 Å². The standard InChI is InChI=1S/C12H13ClN4O/c1-18-10-6-9(14)8(13)5-7(10)12-16-15-11-3-2-4-17(11)12/h5-6H,2-4,14H2,1H3. The van der Waals surface area contributed by atoms with Crippen LogP contribution in [0, 0.1) is 0 Å². The third-order valence-corrected chi connectivity index (χ3v) is 3.50. The van der Waals surface area contributed by atoms with Crippen molar-refractivity contribution in [1.29, 1.82) is 0 Å². The maximum Gasteiger partial charge on any atom is 0.167 e. The fourth-order valence-corrected chi connectivity index (χ4v) is 2.43. The molecule has 1 aliphatic heterocycles. The first-order chi connectivity index (χ1) is 8.70. The Kier molecular flexibility index (Phi) is 2.63. The van der Waals surface area contributed by atoms with E-state index in [1.165, 1.54) is 0 Å². The van der Waals surface area contributed by atoms with E-state index < -0.39 is 0 Å².